The van der Waals surface area contributed by atoms with E-state index in [1.165, 1.54) is 0 Å². The fourth-order valence-electron chi connectivity index (χ4n) is 1.26. The molecule has 0 fully saturated rings. The molecule has 1 heterocycles. The molecular weight excluding hydrogens is 182 g/mol. The van der Waals surface area contributed by atoms with E-state index in [1.54, 1.807) is 0 Å². The van der Waals surface area contributed by atoms with Crippen LogP contribution in [0, 0.1) is 6.92 Å². The number of aromatic nitrogens is 1. The zero-order chi connectivity index (χ0) is 10.1. The van der Waals surface area contributed by atoms with Crippen LogP contribution in [0.5, 0.6) is 0 Å². The zero-order valence-electron chi connectivity index (χ0n) is 8.72. The van der Waals surface area contributed by atoms with E-state index >= 15 is 0 Å². The van der Waals surface area contributed by atoms with E-state index in [0.29, 0.717) is 0 Å². The summed E-state index contributed by atoms with van der Waals surface area (Å²) in [5.74, 6) is 0.874. The minimum atomic E-state index is -1.18. The van der Waals surface area contributed by atoms with Gasteiger partial charge < -0.3 is 9.63 Å². The van der Waals surface area contributed by atoms with Crippen LogP contribution in [-0.2, 0) is 12.7 Å². The van der Waals surface area contributed by atoms with Crippen LogP contribution >= 0.6 is 0 Å². The number of hydrogen-bond donors (Lipinski definition) is 1. The van der Waals surface area contributed by atoms with Crippen LogP contribution in [0.3, 0.4) is 0 Å². The first-order valence-corrected chi connectivity index (χ1v) is 8.19. The number of aliphatic hydroxyl groups is 1. The molecular formula is C9H17NO2Si. The van der Waals surface area contributed by atoms with Crippen molar-refractivity contribution in [2.45, 2.75) is 39.2 Å². The first-order chi connectivity index (χ1) is 5.94. The Kier molecular flexibility index (Phi) is 2.93. The summed E-state index contributed by atoms with van der Waals surface area (Å²) in [7, 11) is -1.18. The first kappa shape index (κ1) is 10.5. The molecule has 0 radical (unpaired) electrons. The Morgan fingerprint density at radius 2 is 2.00 bits per heavy atom. The van der Waals surface area contributed by atoms with Gasteiger partial charge in [0, 0.05) is 11.6 Å². The first-order valence-electron chi connectivity index (χ1n) is 4.49. The third-order valence-electron chi connectivity index (χ3n) is 1.92. The molecule has 0 saturated heterocycles. The summed E-state index contributed by atoms with van der Waals surface area (Å²) in [5.41, 5.74) is 1.69. The number of rotatable bonds is 3. The molecule has 0 aliphatic carbocycles. The highest BCUT2D eigenvalue weighted by atomic mass is 28.3. The molecule has 0 aliphatic rings. The normalized spacial score (nSPS) is 12.1. The van der Waals surface area contributed by atoms with Crippen molar-refractivity contribution >= 4 is 8.07 Å². The summed E-state index contributed by atoms with van der Waals surface area (Å²) in [6, 6.07) is 0.948. The van der Waals surface area contributed by atoms with Gasteiger partial charge in [-0.2, -0.15) is 0 Å². The summed E-state index contributed by atoms with van der Waals surface area (Å²) < 4.78 is 5.19. The Morgan fingerprint density at radius 1 is 1.38 bits per heavy atom. The van der Waals surface area contributed by atoms with Crippen LogP contribution < -0.4 is 0 Å². The molecule has 0 atom stereocenters. The second-order valence-corrected chi connectivity index (χ2v) is 10.0. The van der Waals surface area contributed by atoms with E-state index in [4.69, 9.17) is 9.63 Å². The topological polar surface area (TPSA) is 46.3 Å². The van der Waals surface area contributed by atoms with Crippen molar-refractivity contribution in [3.8, 4) is 0 Å². The lowest BCUT2D eigenvalue weighted by molar-refractivity contribution is 0.277. The van der Waals surface area contributed by atoms with Crippen LogP contribution in [0.1, 0.15) is 17.0 Å². The molecule has 0 saturated carbocycles. The maximum absolute atomic E-state index is 9.10. The van der Waals surface area contributed by atoms with E-state index < -0.39 is 8.07 Å². The van der Waals surface area contributed by atoms with E-state index in [-0.39, 0.29) is 6.61 Å². The van der Waals surface area contributed by atoms with Gasteiger partial charge in [-0.25, -0.2) is 0 Å². The molecule has 1 aromatic heterocycles. The Labute approximate surface area is 79.8 Å². The number of hydrogen-bond acceptors (Lipinski definition) is 3. The van der Waals surface area contributed by atoms with E-state index in [9.17, 15) is 0 Å². The maximum Gasteiger partial charge on any atom is 0.139 e. The summed E-state index contributed by atoms with van der Waals surface area (Å²) in [5, 5.41) is 13.0. The molecule has 3 nitrogen and oxygen atoms in total. The van der Waals surface area contributed by atoms with Gasteiger partial charge in [0.25, 0.3) is 0 Å². The van der Waals surface area contributed by atoms with Gasteiger partial charge in [-0.3, -0.25) is 0 Å². The SMILES string of the molecule is Cc1noc(C[Si](C)(C)C)c1CO. The molecule has 0 aliphatic heterocycles. The fourth-order valence-corrected chi connectivity index (χ4v) is 2.50. The van der Waals surface area contributed by atoms with E-state index in [0.717, 1.165) is 23.1 Å². The maximum atomic E-state index is 9.10. The molecule has 0 unspecified atom stereocenters. The molecule has 0 amide bonds. The van der Waals surface area contributed by atoms with E-state index in [2.05, 4.69) is 24.8 Å². The van der Waals surface area contributed by atoms with Crippen LogP contribution in [0.15, 0.2) is 4.52 Å². The van der Waals surface area contributed by atoms with Crippen molar-refractivity contribution in [3.63, 3.8) is 0 Å². The Morgan fingerprint density at radius 3 is 2.46 bits per heavy atom. The van der Waals surface area contributed by atoms with Gasteiger partial charge in [-0.1, -0.05) is 24.8 Å². The molecule has 1 N–H and O–H groups in total. The Bertz CT molecular complexity index is 288. The molecule has 0 spiro atoms. The number of nitrogens with zero attached hydrogens (tertiary/aromatic N) is 1. The second-order valence-electron chi connectivity index (χ2n) is 4.57. The highest BCUT2D eigenvalue weighted by Crippen LogP contribution is 2.18. The van der Waals surface area contributed by atoms with Crippen LogP contribution in [0.2, 0.25) is 19.6 Å². The molecule has 74 valence electrons. The predicted molar refractivity (Wildman–Crippen MR) is 54.2 cm³/mol. The lowest BCUT2D eigenvalue weighted by Crippen LogP contribution is -2.24. The molecule has 13 heavy (non-hydrogen) atoms. The Hall–Kier alpha value is -0.613. The molecule has 1 rings (SSSR count). The minimum absolute atomic E-state index is 0.0369. The molecule has 1 aromatic rings. The average molecular weight is 199 g/mol. The molecule has 0 bridgehead atoms. The van der Waals surface area contributed by atoms with Gasteiger partial charge in [0.1, 0.15) is 5.76 Å². The van der Waals surface area contributed by atoms with E-state index in [1.807, 2.05) is 6.92 Å². The quantitative estimate of drug-likeness (QED) is 0.756. The fraction of sp³-hybridized carbons (Fsp3) is 0.667. The van der Waals surface area contributed by atoms with Gasteiger partial charge in [-0.05, 0) is 6.92 Å². The zero-order valence-corrected chi connectivity index (χ0v) is 9.72. The lowest BCUT2D eigenvalue weighted by Gasteiger charge is -2.13. The highest BCUT2D eigenvalue weighted by molar-refractivity contribution is 6.75. The number of aliphatic hydroxyl groups excluding tert-OH is 1. The highest BCUT2D eigenvalue weighted by Gasteiger charge is 2.20. The van der Waals surface area contributed by atoms with Crippen molar-refractivity contribution in [2.75, 3.05) is 0 Å². The van der Waals surface area contributed by atoms with Crippen molar-refractivity contribution < 1.29 is 9.63 Å². The lowest BCUT2D eigenvalue weighted by atomic mass is 10.2. The summed E-state index contributed by atoms with van der Waals surface area (Å²) in [6.07, 6.45) is 0. The van der Waals surface area contributed by atoms with Gasteiger partial charge >= 0.3 is 0 Å². The van der Waals surface area contributed by atoms with Crippen LogP contribution in [-0.4, -0.2) is 18.3 Å². The third kappa shape index (κ3) is 2.67. The molecule has 0 aromatic carbocycles. The molecule has 4 heteroatoms. The predicted octanol–water partition coefficient (Wildman–Crippen LogP) is 1.90. The monoisotopic (exact) mass is 199 g/mol. The largest absolute Gasteiger partial charge is 0.391 e. The number of aryl methyl sites for hydroxylation is 1. The smallest absolute Gasteiger partial charge is 0.139 e. The van der Waals surface area contributed by atoms with Gasteiger partial charge in [-0.15, -0.1) is 0 Å². The summed E-state index contributed by atoms with van der Waals surface area (Å²) in [4.78, 5) is 0. The van der Waals surface area contributed by atoms with Crippen molar-refractivity contribution in [2.24, 2.45) is 0 Å². The Balaban J connectivity index is 2.89. The third-order valence-corrected chi connectivity index (χ3v) is 3.30. The summed E-state index contributed by atoms with van der Waals surface area (Å²) in [6.45, 7) is 8.71. The summed E-state index contributed by atoms with van der Waals surface area (Å²) >= 11 is 0. The van der Waals surface area contributed by atoms with Crippen molar-refractivity contribution in [1.29, 1.82) is 0 Å². The van der Waals surface area contributed by atoms with Crippen LogP contribution in [0.4, 0.5) is 0 Å². The van der Waals surface area contributed by atoms with Gasteiger partial charge in [0.2, 0.25) is 0 Å². The standard InChI is InChI=1S/C9H17NO2Si/c1-7-8(5-11)9(12-10-7)6-13(2,3)4/h11H,5-6H2,1-4H3. The van der Waals surface area contributed by atoms with Gasteiger partial charge in [0.15, 0.2) is 0 Å². The second kappa shape index (κ2) is 3.63. The van der Waals surface area contributed by atoms with Crippen molar-refractivity contribution in [3.05, 3.63) is 17.0 Å². The van der Waals surface area contributed by atoms with Crippen molar-refractivity contribution in [1.82, 2.24) is 5.16 Å². The van der Waals surface area contributed by atoms with Gasteiger partial charge in [0.05, 0.1) is 20.4 Å². The average Bonchev–Trinajstić information content (AvgIpc) is 2.28. The van der Waals surface area contributed by atoms with Crippen LogP contribution in [0.25, 0.3) is 0 Å². The minimum Gasteiger partial charge on any atom is -0.391 e.